The largest absolute Gasteiger partial charge is 0.273 e. The second-order valence-electron chi connectivity index (χ2n) is 5.70. The van der Waals surface area contributed by atoms with Crippen molar-refractivity contribution in [2.24, 2.45) is 0 Å². The van der Waals surface area contributed by atoms with Gasteiger partial charge in [0.25, 0.3) is 11.8 Å². The van der Waals surface area contributed by atoms with Crippen LogP contribution in [-0.2, 0) is 16.4 Å². The van der Waals surface area contributed by atoms with Gasteiger partial charge in [-0.3, -0.25) is 14.5 Å². The highest BCUT2D eigenvalue weighted by atomic mass is 32.2. The van der Waals surface area contributed by atoms with E-state index in [1.54, 1.807) is 48.5 Å². The van der Waals surface area contributed by atoms with Crippen LogP contribution in [-0.4, -0.2) is 38.2 Å². The number of imide groups is 1. The maximum atomic E-state index is 12.3. The van der Waals surface area contributed by atoms with Crippen molar-refractivity contribution >= 4 is 21.8 Å². The lowest BCUT2D eigenvalue weighted by Gasteiger charge is -2.14. The highest BCUT2D eigenvalue weighted by Crippen LogP contribution is 2.21. The average Bonchev–Trinajstić information content (AvgIpc) is 2.87. The zero-order valence-electron chi connectivity index (χ0n) is 13.7. The van der Waals surface area contributed by atoms with E-state index in [2.05, 4.69) is 4.72 Å². The molecular formula is C18H18N2O4S. The van der Waals surface area contributed by atoms with Gasteiger partial charge in [0, 0.05) is 13.1 Å². The van der Waals surface area contributed by atoms with Gasteiger partial charge in [0.05, 0.1) is 16.0 Å². The van der Waals surface area contributed by atoms with Gasteiger partial charge in [0.15, 0.2) is 0 Å². The quantitative estimate of drug-likeness (QED) is 0.799. The molecule has 1 heterocycles. The van der Waals surface area contributed by atoms with Crippen LogP contribution in [0.15, 0.2) is 53.4 Å². The fourth-order valence-corrected chi connectivity index (χ4v) is 3.74. The summed E-state index contributed by atoms with van der Waals surface area (Å²) in [7, 11) is -3.68. The molecule has 6 nitrogen and oxygen atoms in total. The van der Waals surface area contributed by atoms with Gasteiger partial charge in [-0.1, -0.05) is 31.2 Å². The molecule has 7 heteroatoms. The average molecular weight is 358 g/mol. The molecule has 2 amide bonds. The predicted octanol–water partition coefficient (Wildman–Crippen LogP) is 1.82. The number of aryl methyl sites for hydroxylation is 1. The van der Waals surface area contributed by atoms with Crippen LogP contribution in [0.25, 0.3) is 0 Å². The Morgan fingerprint density at radius 1 is 0.920 bits per heavy atom. The minimum Gasteiger partial charge on any atom is -0.273 e. The molecule has 0 saturated carbocycles. The van der Waals surface area contributed by atoms with E-state index in [4.69, 9.17) is 0 Å². The Morgan fingerprint density at radius 2 is 1.48 bits per heavy atom. The number of nitrogens with zero attached hydrogens (tertiary/aromatic N) is 1. The number of rotatable bonds is 6. The topological polar surface area (TPSA) is 83.6 Å². The second-order valence-corrected chi connectivity index (χ2v) is 7.47. The van der Waals surface area contributed by atoms with Crippen LogP contribution in [0.2, 0.25) is 0 Å². The normalized spacial score (nSPS) is 14.0. The zero-order chi connectivity index (χ0) is 18.0. The number of nitrogens with one attached hydrogen (secondary N) is 1. The number of amides is 2. The monoisotopic (exact) mass is 358 g/mol. The standard InChI is InChI=1S/C18H18N2O4S/c1-2-13-7-9-14(10-8-13)25(23,24)19-11-12-20-17(21)15-5-3-4-6-16(15)18(20)22/h3-10,19H,2,11-12H2,1H3. The van der Waals surface area contributed by atoms with Crippen LogP contribution < -0.4 is 4.72 Å². The number of hydrogen-bond acceptors (Lipinski definition) is 4. The molecule has 0 unspecified atom stereocenters. The van der Waals surface area contributed by atoms with E-state index in [1.807, 2.05) is 6.92 Å². The molecule has 25 heavy (non-hydrogen) atoms. The van der Waals surface area contributed by atoms with Crippen molar-refractivity contribution in [2.75, 3.05) is 13.1 Å². The summed E-state index contributed by atoms with van der Waals surface area (Å²) in [6, 6.07) is 13.2. The van der Waals surface area contributed by atoms with Gasteiger partial charge in [-0.05, 0) is 36.2 Å². The maximum absolute atomic E-state index is 12.3. The molecule has 0 aliphatic carbocycles. The van der Waals surface area contributed by atoms with Gasteiger partial charge in [-0.2, -0.15) is 0 Å². The van der Waals surface area contributed by atoms with Crippen LogP contribution in [0.3, 0.4) is 0 Å². The first-order chi connectivity index (χ1) is 11.9. The molecule has 1 aliphatic heterocycles. The van der Waals surface area contributed by atoms with Crippen LogP contribution in [0.1, 0.15) is 33.2 Å². The summed E-state index contributed by atoms with van der Waals surface area (Å²) in [4.78, 5) is 25.7. The van der Waals surface area contributed by atoms with Gasteiger partial charge in [0.1, 0.15) is 0 Å². The summed E-state index contributed by atoms with van der Waals surface area (Å²) >= 11 is 0. The zero-order valence-corrected chi connectivity index (χ0v) is 14.5. The summed E-state index contributed by atoms with van der Waals surface area (Å²) in [5, 5.41) is 0. The number of carbonyl (C=O) groups is 2. The van der Waals surface area contributed by atoms with E-state index in [1.165, 1.54) is 0 Å². The molecule has 0 bridgehead atoms. The second kappa shape index (κ2) is 6.78. The lowest BCUT2D eigenvalue weighted by Crippen LogP contribution is -2.38. The Balaban J connectivity index is 1.65. The molecule has 0 spiro atoms. The van der Waals surface area contributed by atoms with E-state index in [0.29, 0.717) is 11.1 Å². The van der Waals surface area contributed by atoms with Crippen molar-refractivity contribution in [1.29, 1.82) is 0 Å². The summed E-state index contributed by atoms with van der Waals surface area (Å²) in [6.45, 7) is 1.94. The molecule has 0 saturated heterocycles. The Labute approximate surface area is 146 Å². The molecule has 3 rings (SSSR count). The van der Waals surface area contributed by atoms with Crippen molar-refractivity contribution < 1.29 is 18.0 Å². The molecule has 1 aliphatic rings. The fraction of sp³-hybridized carbons (Fsp3) is 0.222. The van der Waals surface area contributed by atoms with Crippen molar-refractivity contribution in [1.82, 2.24) is 9.62 Å². The lowest BCUT2D eigenvalue weighted by molar-refractivity contribution is 0.0657. The van der Waals surface area contributed by atoms with E-state index >= 15 is 0 Å². The minimum atomic E-state index is -3.68. The molecular weight excluding hydrogens is 340 g/mol. The van der Waals surface area contributed by atoms with E-state index < -0.39 is 21.8 Å². The minimum absolute atomic E-state index is 0.0153. The number of hydrogen-bond donors (Lipinski definition) is 1. The Morgan fingerprint density at radius 3 is 2.00 bits per heavy atom. The van der Waals surface area contributed by atoms with Crippen LogP contribution in [0.5, 0.6) is 0 Å². The maximum Gasteiger partial charge on any atom is 0.261 e. The SMILES string of the molecule is CCc1ccc(S(=O)(=O)NCCN2C(=O)c3ccccc3C2=O)cc1. The Hall–Kier alpha value is -2.51. The lowest BCUT2D eigenvalue weighted by atomic mass is 10.1. The Bertz CT molecular complexity index is 885. The fourth-order valence-electron chi connectivity index (χ4n) is 2.72. The Kier molecular flexibility index (Phi) is 4.69. The smallest absolute Gasteiger partial charge is 0.261 e. The van der Waals surface area contributed by atoms with Crippen molar-refractivity contribution in [3.05, 3.63) is 65.2 Å². The molecule has 0 atom stereocenters. The molecule has 130 valence electrons. The third-order valence-electron chi connectivity index (χ3n) is 4.15. The third-order valence-corrected chi connectivity index (χ3v) is 5.62. The number of sulfonamides is 1. The summed E-state index contributed by atoms with van der Waals surface area (Å²) < 4.78 is 27.0. The van der Waals surface area contributed by atoms with Gasteiger partial charge >= 0.3 is 0 Å². The number of fused-ring (bicyclic) bond motifs is 1. The molecule has 1 N–H and O–H groups in total. The first-order valence-corrected chi connectivity index (χ1v) is 9.46. The summed E-state index contributed by atoms with van der Waals surface area (Å²) in [5.41, 5.74) is 1.75. The van der Waals surface area contributed by atoms with Crippen molar-refractivity contribution in [2.45, 2.75) is 18.2 Å². The van der Waals surface area contributed by atoms with Gasteiger partial charge in [-0.15, -0.1) is 0 Å². The third kappa shape index (κ3) is 3.33. The van der Waals surface area contributed by atoms with Gasteiger partial charge in [-0.25, -0.2) is 13.1 Å². The first kappa shape index (κ1) is 17.3. The van der Waals surface area contributed by atoms with Crippen LogP contribution >= 0.6 is 0 Å². The van der Waals surface area contributed by atoms with E-state index in [0.717, 1.165) is 16.9 Å². The first-order valence-electron chi connectivity index (χ1n) is 7.98. The highest BCUT2D eigenvalue weighted by molar-refractivity contribution is 7.89. The molecule has 0 aromatic heterocycles. The van der Waals surface area contributed by atoms with Gasteiger partial charge in [0.2, 0.25) is 10.0 Å². The van der Waals surface area contributed by atoms with E-state index in [9.17, 15) is 18.0 Å². The predicted molar refractivity (Wildman–Crippen MR) is 92.8 cm³/mol. The molecule has 2 aromatic rings. The number of carbonyl (C=O) groups excluding carboxylic acids is 2. The number of benzene rings is 2. The van der Waals surface area contributed by atoms with Crippen molar-refractivity contribution in [3.8, 4) is 0 Å². The highest BCUT2D eigenvalue weighted by Gasteiger charge is 2.34. The van der Waals surface area contributed by atoms with E-state index in [-0.39, 0.29) is 18.0 Å². The van der Waals surface area contributed by atoms with Crippen LogP contribution in [0.4, 0.5) is 0 Å². The van der Waals surface area contributed by atoms with Gasteiger partial charge < -0.3 is 0 Å². The van der Waals surface area contributed by atoms with Crippen molar-refractivity contribution in [3.63, 3.8) is 0 Å². The summed E-state index contributed by atoms with van der Waals surface area (Å²) in [6.07, 6.45) is 0.827. The molecule has 2 aromatic carbocycles. The summed E-state index contributed by atoms with van der Waals surface area (Å²) in [5.74, 6) is -0.792. The molecule has 0 fully saturated rings. The molecule has 0 radical (unpaired) electrons. The van der Waals surface area contributed by atoms with Crippen LogP contribution in [0, 0.1) is 0 Å².